The number of anilines is 2. The molecule has 0 spiro atoms. The molecule has 36 heavy (non-hydrogen) atoms. The lowest BCUT2D eigenvalue weighted by molar-refractivity contribution is 0.209. The summed E-state index contributed by atoms with van der Waals surface area (Å²) in [4.78, 5) is 0. The molecule has 0 radical (unpaired) electrons. The molecule has 0 aliphatic carbocycles. The van der Waals surface area contributed by atoms with Crippen molar-refractivity contribution in [2.24, 2.45) is 5.21 Å². The molecule has 0 amide bonds. The lowest BCUT2D eigenvalue weighted by Crippen LogP contribution is -2.43. The van der Waals surface area contributed by atoms with Crippen molar-refractivity contribution in [3.63, 3.8) is 0 Å². The van der Waals surface area contributed by atoms with Gasteiger partial charge in [-0.15, -0.1) is 5.12 Å². The van der Waals surface area contributed by atoms with Gasteiger partial charge in [0.15, 0.2) is 11.9 Å². The van der Waals surface area contributed by atoms with Crippen molar-refractivity contribution in [3.8, 4) is 0 Å². The van der Waals surface area contributed by atoms with Crippen molar-refractivity contribution < 1.29 is 8.96 Å². The molecular weight excluding hydrogens is 513 g/mol. The molecule has 0 bridgehead atoms. The molecule has 194 valence electrons. The van der Waals surface area contributed by atoms with E-state index in [1.807, 2.05) is 0 Å². The predicted molar refractivity (Wildman–Crippen MR) is 142 cm³/mol. The van der Waals surface area contributed by atoms with Crippen LogP contribution >= 0.6 is 23.2 Å². The molecule has 8 N–H and O–H groups in total. The smallest absolute Gasteiger partial charge is 0.265 e. The topological polar surface area (TPSA) is 147 Å². The van der Waals surface area contributed by atoms with Gasteiger partial charge in [0, 0.05) is 34.5 Å². The normalized spacial score (nSPS) is 10.8. The standard InChI is InChI=1S/C22H28Cl2F2N10/c23-15-5-9-17(10-6-15)32-20(28)34-19(27)30-13-3-1-2-4-14-31-22(35-25)36(26)21(29)33-18-11-7-16(24)8-12-18/h5-12H,1-4,13-14H2,(H2,29,33)(H,31,35)(H5,27,28,30,32,34). The molecule has 0 aliphatic heterocycles. The van der Waals surface area contributed by atoms with Crippen LogP contribution in [0.25, 0.3) is 0 Å². The molecule has 14 heteroatoms. The van der Waals surface area contributed by atoms with Crippen molar-refractivity contribution in [2.45, 2.75) is 25.7 Å². The molecule has 10 nitrogen and oxygen atoms in total. The number of hydrogen-bond donors (Lipinski definition) is 8. The summed E-state index contributed by atoms with van der Waals surface area (Å²) in [5.41, 5.74) is 1.08. The van der Waals surface area contributed by atoms with E-state index >= 15 is 0 Å². The van der Waals surface area contributed by atoms with E-state index in [0.29, 0.717) is 34.4 Å². The number of nitrogens with zero attached hydrogens (tertiary/aromatic N) is 2. The van der Waals surface area contributed by atoms with Gasteiger partial charge in [-0.1, -0.05) is 45.0 Å². The monoisotopic (exact) mass is 540 g/mol. The minimum Gasteiger partial charge on any atom is -0.356 e. The number of guanidine groups is 4. The summed E-state index contributed by atoms with van der Waals surface area (Å²) < 4.78 is 27.1. The van der Waals surface area contributed by atoms with Crippen molar-refractivity contribution in [2.75, 3.05) is 23.7 Å². The second kappa shape index (κ2) is 15.4. The average molecular weight is 541 g/mol. The first-order valence-electron chi connectivity index (χ1n) is 11.0. The lowest BCUT2D eigenvalue weighted by atomic mass is 10.2. The fraction of sp³-hybridized carbons (Fsp3) is 0.273. The third-order valence-corrected chi connectivity index (χ3v) is 5.13. The first-order valence-corrected chi connectivity index (χ1v) is 11.7. The van der Waals surface area contributed by atoms with E-state index in [4.69, 9.17) is 39.4 Å². The fourth-order valence-corrected chi connectivity index (χ4v) is 3.10. The van der Waals surface area contributed by atoms with Crippen LogP contribution in [0.4, 0.5) is 20.3 Å². The van der Waals surface area contributed by atoms with Crippen molar-refractivity contribution >= 4 is 58.4 Å². The third-order valence-electron chi connectivity index (χ3n) is 4.62. The Bertz CT molecular complexity index is 1030. The first kappa shape index (κ1) is 28.6. The van der Waals surface area contributed by atoms with Crippen LogP contribution < -0.4 is 26.6 Å². The first-order chi connectivity index (χ1) is 17.3. The molecule has 0 saturated carbocycles. The number of nitrogens with one attached hydrogen (secondary N) is 8. The molecule has 2 aromatic rings. The van der Waals surface area contributed by atoms with Gasteiger partial charge < -0.3 is 21.3 Å². The molecule has 0 fully saturated rings. The van der Waals surface area contributed by atoms with Crippen LogP contribution in [-0.2, 0) is 0 Å². The highest BCUT2D eigenvalue weighted by atomic mass is 35.5. The largest absolute Gasteiger partial charge is 0.356 e. The Labute approximate surface area is 217 Å². The average Bonchev–Trinajstić information content (AvgIpc) is 2.85. The zero-order chi connectivity index (χ0) is 26.3. The number of rotatable bonds is 9. The highest BCUT2D eigenvalue weighted by Crippen LogP contribution is 2.14. The van der Waals surface area contributed by atoms with Crippen molar-refractivity contribution in [1.82, 2.24) is 21.1 Å². The quantitative estimate of drug-likeness (QED) is 0.0962. The molecular formula is C22H28Cl2F2N10. The predicted octanol–water partition coefficient (Wildman–Crippen LogP) is 5.08. The lowest BCUT2D eigenvalue weighted by Gasteiger charge is -2.17. The number of hydrogen-bond acceptors (Lipinski definition) is 4. The summed E-state index contributed by atoms with van der Waals surface area (Å²) in [6.45, 7) is 0.784. The van der Waals surface area contributed by atoms with E-state index in [0.717, 1.165) is 19.3 Å². The van der Waals surface area contributed by atoms with Crippen molar-refractivity contribution in [1.29, 1.82) is 16.2 Å². The van der Waals surface area contributed by atoms with Gasteiger partial charge >= 0.3 is 0 Å². The minimum atomic E-state index is -0.725. The molecule has 0 aliphatic rings. The van der Waals surface area contributed by atoms with Crippen LogP contribution in [0.2, 0.25) is 10.0 Å². The number of benzene rings is 2. The Morgan fingerprint density at radius 1 is 0.750 bits per heavy atom. The summed E-state index contributed by atoms with van der Waals surface area (Å²) in [6.07, 6.45) is 2.97. The third kappa shape index (κ3) is 10.7. The summed E-state index contributed by atoms with van der Waals surface area (Å²) in [5.74, 6) is -1.49. The maximum Gasteiger partial charge on any atom is 0.265 e. The molecule has 2 aromatic carbocycles. The number of halogens is 4. The Morgan fingerprint density at radius 3 is 1.78 bits per heavy atom. The van der Waals surface area contributed by atoms with Crippen LogP contribution in [0.1, 0.15) is 25.7 Å². The highest BCUT2D eigenvalue weighted by Gasteiger charge is 2.17. The van der Waals surface area contributed by atoms with Gasteiger partial charge in [0.2, 0.25) is 5.96 Å². The van der Waals surface area contributed by atoms with Gasteiger partial charge in [0.05, 0.1) is 0 Å². The molecule has 0 unspecified atom stereocenters. The Hall–Kier alpha value is -3.64. The molecule has 0 atom stereocenters. The van der Waals surface area contributed by atoms with Gasteiger partial charge in [-0.25, -0.2) is 0 Å². The van der Waals surface area contributed by atoms with Crippen LogP contribution in [0, 0.1) is 16.2 Å². The van der Waals surface area contributed by atoms with Crippen LogP contribution in [0.3, 0.4) is 0 Å². The van der Waals surface area contributed by atoms with Gasteiger partial charge in [-0.2, -0.15) is 0 Å². The Kier molecular flexibility index (Phi) is 12.2. The number of unbranched alkanes of at least 4 members (excludes halogenated alkanes) is 3. The molecule has 0 aromatic heterocycles. The van der Waals surface area contributed by atoms with Gasteiger partial charge in [-0.05, 0) is 66.6 Å². The van der Waals surface area contributed by atoms with E-state index in [1.165, 1.54) is 0 Å². The Balaban J connectivity index is 1.54. The molecule has 0 heterocycles. The van der Waals surface area contributed by atoms with Gasteiger partial charge in [0.25, 0.3) is 5.96 Å². The van der Waals surface area contributed by atoms with Crippen LogP contribution in [-0.4, -0.2) is 42.0 Å². The van der Waals surface area contributed by atoms with E-state index in [-0.39, 0.29) is 23.6 Å². The maximum atomic E-state index is 14.2. The summed E-state index contributed by atoms with van der Waals surface area (Å²) in [7, 11) is 0. The van der Waals surface area contributed by atoms with Gasteiger partial charge in [0.1, 0.15) is 0 Å². The maximum absolute atomic E-state index is 14.2. The van der Waals surface area contributed by atoms with E-state index in [2.05, 4.69) is 31.8 Å². The zero-order valence-electron chi connectivity index (χ0n) is 19.3. The van der Waals surface area contributed by atoms with E-state index < -0.39 is 11.9 Å². The summed E-state index contributed by atoms with van der Waals surface area (Å²) >= 11 is 11.6. The second-order valence-electron chi connectivity index (χ2n) is 7.44. The SMILES string of the molecule is N=C(NCCCCCCNC(=NF)N(F)C(=N)Nc1ccc(Cl)cc1)NC(=N)Nc1ccc(Cl)cc1. The van der Waals surface area contributed by atoms with Gasteiger partial charge in [-0.3, -0.25) is 21.5 Å². The summed E-state index contributed by atoms with van der Waals surface area (Å²) in [5, 5.41) is 39.9. The highest BCUT2D eigenvalue weighted by molar-refractivity contribution is 6.31. The fourth-order valence-electron chi connectivity index (χ4n) is 2.85. The summed E-state index contributed by atoms with van der Waals surface area (Å²) in [6, 6.07) is 13.1. The van der Waals surface area contributed by atoms with Crippen LogP contribution in [0.5, 0.6) is 0 Å². The van der Waals surface area contributed by atoms with E-state index in [1.54, 1.807) is 48.5 Å². The Morgan fingerprint density at radius 2 is 1.25 bits per heavy atom. The van der Waals surface area contributed by atoms with Crippen molar-refractivity contribution in [3.05, 3.63) is 58.6 Å². The minimum absolute atomic E-state index is 0.00961. The van der Waals surface area contributed by atoms with E-state index in [9.17, 15) is 8.96 Å². The molecule has 2 rings (SSSR count). The zero-order valence-corrected chi connectivity index (χ0v) is 20.8. The van der Waals surface area contributed by atoms with Crippen LogP contribution in [0.15, 0.2) is 53.7 Å². The second-order valence-corrected chi connectivity index (χ2v) is 8.32. The molecule has 0 saturated heterocycles.